The van der Waals surface area contributed by atoms with Gasteiger partial charge in [0, 0.05) is 25.9 Å². The molecule has 0 aromatic heterocycles. The van der Waals surface area contributed by atoms with Gasteiger partial charge in [-0.3, -0.25) is 4.99 Å². The molecule has 2 N–H and O–H groups in total. The molecule has 0 amide bonds. The highest BCUT2D eigenvalue weighted by Gasteiger charge is 2.09. The van der Waals surface area contributed by atoms with Gasteiger partial charge in [-0.25, -0.2) is 8.42 Å². The third-order valence-electron chi connectivity index (χ3n) is 2.85. The third kappa shape index (κ3) is 14.4. The Labute approximate surface area is 141 Å². The molecule has 0 aliphatic carbocycles. The molecule has 7 heteroatoms. The van der Waals surface area contributed by atoms with Crippen molar-refractivity contribution in [1.29, 1.82) is 0 Å². The molecule has 1 unspecified atom stereocenters. The van der Waals surface area contributed by atoms with E-state index in [0.29, 0.717) is 6.42 Å². The van der Waals surface area contributed by atoms with E-state index in [2.05, 4.69) is 22.5 Å². The van der Waals surface area contributed by atoms with Crippen LogP contribution in [-0.2, 0) is 9.84 Å². The van der Waals surface area contributed by atoms with Crippen LogP contribution in [0.15, 0.2) is 4.99 Å². The van der Waals surface area contributed by atoms with Crippen LogP contribution >= 0.6 is 24.0 Å². The Morgan fingerprint density at radius 2 is 1.90 bits per heavy atom. The smallest absolute Gasteiger partial charge is 0.191 e. The summed E-state index contributed by atoms with van der Waals surface area (Å²) < 4.78 is 22.2. The predicted octanol–water partition coefficient (Wildman–Crippen LogP) is 2.17. The molecule has 0 aliphatic rings. The minimum Gasteiger partial charge on any atom is -0.356 e. The summed E-state index contributed by atoms with van der Waals surface area (Å²) in [6.07, 6.45) is 6.71. The first-order chi connectivity index (χ1) is 8.89. The lowest BCUT2D eigenvalue weighted by Gasteiger charge is -2.17. The summed E-state index contributed by atoms with van der Waals surface area (Å²) >= 11 is 0. The molecule has 0 heterocycles. The highest BCUT2D eigenvalue weighted by molar-refractivity contribution is 14.0. The quantitative estimate of drug-likeness (QED) is 0.260. The molecule has 0 aromatic carbocycles. The second-order valence-corrected chi connectivity index (χ2v) is 7.28. The molecular formula is C13H30IN3O2S. The van der Waals surface area contributed by atoms with Gasteiger partial charge in [0.05, 0.1) is 5.75 Å². The van der Waals surface area contributed by atoms with Crippen LogP contribution in [-0.4, -0.2) is 46.0 Å². The van der Waals surface area contributed by atoms with Crippen molar-refractivity contribution in [3.05, 3.63) is 0 Å². The molecule has 0 aromatic rings. The standard InChI is InChI=1S/C13H29N3O2S.HI/c1-5-6-7-8-10-15-13(14-3)16-12(2)9-11-19(4,17)18;/h12H,5-11H2,1-4H3,(H2,14,15,16);1H. The number of aliphatic imine (C=N–C) groups is 1. The molecule has 0 aliphatic heterocycles. The van der Waals surface area contributed by atoms with Crippen molar-refractivity contribution >= 4 is 39.8 Å². The number of sulfone groups is 1. The highest BCUT2D eigenvalue weighted by atomic mass is 127. The van der Waals surface area contributed by atoms with Gasteiger partial charge >= 0.3 is 0 Å². The second kappa shape index (κ2) is 12.7. The molecule has 0 saturated carbocycles. The van der Waals surface area contributed by atoms with Crippen molar-refractivity contribution in [2.24, 2.45) is 4.99 Å². The number of rotatable bonds is 9. The summed E-state index contributed by atoms with van der Waals surface area (Å²) in [5.74, 6) is 0.951. The Morgan fingerprint density at radius 3 is 2.40 bits per heavy atom. The average Bonchev–Trinajstić information content (AvgIpc) is 2.34. The largest absolute Gasteiger partial charge is 0.356 e. The first-order valence-electron chi connectivity index (χ1n) is 7.04. The van der Waals surface area contributed by atoms with E-state index in [1.54, 1.807) is 7.05 Å². The van der Waals surface area contributed by atoms with E-state index < -0.39 is 9.84 Å². The van der Waals surface area contributed by atoms with Gasteiger partial charge in [-0.2, -0.15) is 0 Å². The average molecular weight is 419 g/mol. The first kappa shape index (κ1) is 22.2. The number of unbranched alkanes of at least 4 members (excludes halogenated alkanes) is 3. The topological polar surface area (TPSA) is 70.6 Å². The van der Waals surface area contributed by atoms with Gasteiger partial charge in [0.15, 0.2) is 5.96 Å². The summed E-state index contributed by atoms with van der Waals surface area (Å²) in [4.78, 5) is 4.14. The van der Waals surface area contributed by atoms with Crippen molar-refractivity contribution in [3.8, 4) is 0 Å². The van der Waals surface area contributed by atoms with E-state index in [1.165, 1.54) is 25.5 Å². The number of nitrogens with zero attached hydrogens (tertiary/aromatic N) is 1. The van der Waals surface area contributed by atoms with Crippen LogP contribution in [0.4, 0.5) is 0 Å². The second-order valence-electron chi connectivity index (χ2n) is 5.02. The number of nitrogens with one attached hydrogen (secondary N) is 2. The van der Waals surface area contributed by atoms with Crippen LogP contribution in [0, 0.1) is 0 Å². The number of hydrogen-bond acceptors (Lipinski definition) is 3. The van der Waals surface area contributed by atoms with E-state index in [-0.39, 0.29) is 35.8 Å². The van der Waals surface area contributed by atoms with Gasteiger partial charge in [0.2, 0.25) is 0 Å². The van der Waals surface area contributed by atoms with Crippen LogP contribution in [0.3, 0.4) is 0 Å². The van der Waals surface area contributed by atoms with E-state index in [1.807, 2.05) is 6.92 Å². The van der Waals surface area contributed by atoms with Crippen LogP contribution in [0.1, 0.15) is 46.0 Å². The Hall–Kier alpha value is -0.0500. The van der Waals surface area contributed by atoms with E-state index >= 15 is 0 Å². The van der Waals surface area contributed by atoms with Crippen LogP contribution in [0.2, 0.25) is 0 Å². The summed E-state index contributed by atoms with van der Waals surface area (Å²) in [5, 5.41) is 6.45. The lowest BCUT2D eigenvalue weighted by atomic mass is 10.2. The van der Waals surface area contributed by atoms with E-state index in [0.717, 1.165) is 18.9 Å². The lowest BCUT2D eigenvalue weighted by Crippen LogP contribution is -2.43. The fourth-order valence-electron chi connectivity index (χ4n) is 1.65. The SMILES string of the molecule is CCCCCCNC(=NC)NC(C)CCS(C)(=O)=O.I. The van der Waals surface area contributed by atoms with Crippen LogP contribution in [0.25, 0.3) is 0 Å². The molecule has 0 rings (SSSR count). The molecule has 1 atom stereocenters. The summed E-state index contributed by atoms with van der Waals surface area (Å²) in [7, 11) is -1.16. The lowest BCUT2D eigenvalue weighted by molar-refractivity contribution is 0.579. The zero-order chi connectivity index (χ0) is 14.7. The van der Waals surface area contributed by atoms with Gasteiger partial charge in [0.25, 0.3) is 0 Å². The normalized spacial score (nSPS) is 13.5. The van der Waals surface area contributed by atoms with Gasteiger partial charge in [-0.1, -0.05) is 26.2 Å². The Bertz CT molecular complexity index is 359. The summed E-state index contributed by atoms with van der Waals surface area (Å²) in [5.41, 5.74) is 0. The van der Waals surface area contributed by atoms with Gasteiger partial charge in [-0.05, 0) is 19.8 Å². The molecule has 20 heavy (non-hydrogen) atoms. The van der Waals surface area contributed by atoms with Crippen molar-refractivity contribution < 1.29 is 8.42 Å². The maximum absolute atomic E-state index is 11.1. The zero-order valence-electron chi connectivity index (χ0n) is 13.1. The molecule has 5 nitrogen and oxygen atoms in total. The maximum Gasteiger partial charge on any atom is 0.191 e. The van der Waals surface area contributed by atoms with Crippen LogP contribution < -0.4 is 10.6 Å². The monoisotopic (exact) mass is 419 g/mol. The molecular weight excluding hydrogens is 389 g/mol. The van der Waals surface area contributed by atoms with Crippen molar-refractivity contribution in [2.45, 2.75) is 52.0 Å². The number of halogens is 1. The van der Waals surface area contributed by atoms with E-state index in [9.17, 15) is 8.42 Å². The highest BCUT2D eigenvalue weighted by Crippen LogP contribution is 1.98. The fourth-order valence-corrected chi connectivity index (χ4v) is 2.43. The van der Waals surface area contributed by atoms with Gasteiger partial charge < -0.3 is 10.6 Å². The van der Waals surface area contributed by atoms with Gasteiger partial charge in [-0.15, -0.1) is 24.0 Å². The van der Waals surface area contributed by atoms with Crippen molar-refractivity contribution in [3.63, 3.8) is 0 Å². The zero-order valence-corrected chi connectivity index (χ0v) is 16.3. The molecule has 0 fully saturated rings. The van der Waals surface area contributed by atoms with Gasteiger partial charge in [0.1, 0.15) is 9.84 Å². The Balaban J connectivity index is 0. The molecule has 0 radical (unpaired) electrons. The molecule has 0 bridgehead atoms. The third-order valence-corrected chi connectivity index (χ3v) is 3.83. The molecule has 0 spiro atoms. The Morgan fingerprint density at radius 1 is 1.25 bits per heavy atom. The fraction of sp³-hybridized carbons (Fsp3) is 0.923. The van der Waals surface area contributed by atoms with Crippen molar-refractivity contribution in [2.75, 3.05) is 25.6 Å². The minimum atomic E-state index is -2.89. The molecule has 122 valence electrons. The number of hydrogen-bond donors (Lipinski definition) is 2. The van der Waals surface area contributed by atoms with E-state index in [4.69, 9.17) is 0 Å². The number of guanidine groups is 1. The van der Waals surface area contributed by atoms with Crippen LogP contribution in [0.5, 0.6) is 0 Å². The molecule has 0 saturated heterocycles. The Kier molecular flexibility index (Phi) is 14.1. The summed E-state index contributed by atoms with van der Waals surface area (Å²) in [6.45, 7) is 5.06. The minimum absolute atomic E-state index is 0. The maximum atomic E-state index is 11.1. The van der Waals surface area contributed by atoms with Crippen molar-refractivity contribution in [1.82, 2.24) is 10.6 Å². The summed E-state index contributed by atoms with van der Waals surface area (Å²) in [6, 6.07) is 0.0940. The predicted molar refractivity (Wildman–Crippen MR) is 97.8 cm³/mol. The first-order valence-corrected chi connectivity index (χ1v) is 9.10.